The van der Waals surface area contributed by atoms with E-state index in [4.69, 9.17) is 10.5 Å². The van der Waals surface area contributed by atoms with Crippen LogP contribution >= 0.6 is 15.9 Å². The molecule has 1 aliphatic rings. The van der Waals surface area contributed by atoms with Crippen LogP contribution < -0.4 is 15.8 Å². The van der Waals surface area contributed by atoms with E-state index in [1.54, 1.807) is 0 Å². The minimum atomic E-state index is 0.554. The van der Waals surface area contributed by atoms with Gasteiger partial charge in [-0.25, -0.2) is 0 Å². The smallest absolute Gasteiger partial charge is 0.141 e. The first-order chi connectivity index (χ1) is 10.6. The maximum absolute atomic E-state index is 6.02. The van der Waals surface area contributed by atoms with E-state index in [-0.39, 0.29) is 0 Å². The van der Waals surface area contributed by atoms with Gasteiger partial charge in [-0.2, -0.15) is 0 Å². The molecule has 22 heavy (non-hydrogen) atoms. The first-order valence-corrected chi connectivity index (χ1v) is 8.48. The molecular formula is C18H21BrN2O. The number of nitrogen functional groups attached to an aromatic ring is 1. The molecule has 4 heteroatoms. The van der Waals surface area contributed by atoms with Gasteiger partial charge in [-0.05, 0) is 63.8 Å². The summed E-state index contributed by atoms with van der Waals surface area (Å²) in [5.41, 5.74) is 9.07. The molecule has 3 nitrogen and oxygen atoms in total. The lowest BCUT2D eigenvalue weighted by Crippen LogP contribution is -2.10. The molecule has 0 spiro atoms. The van der Waals surface area contributed by atoms with Gasteiger partial charge in [0.15, 0.2) is 0 Å². The van der Waals surface area contributed by atoms with Crippen LogP contribution in [0, 0.1) is 5.92 Å². The van der Waals surface area contributed by atoms with Crippen LogP contribution in [-0.2, 0) is 0 Å². The number of hydrogen-bond acceptors (Lipinski definition) is 3. The molecule has 116 valence electrons. The number of nitrogens with one attached hydrogen (secondary N) is 1. The minimum absolute atomic E-state index is 0.554. The van der Waals surface area contributed by atoms with Crippen molar-refractivity contribution in [3.8, 4) is 11.5 Å². The third-order valence-corrected chi connectivity index (χ3v) is 5.07. The summed E-state index contributed by atoms with van der Waals surface area (Å²) in [6.45, 7) is 5.57. The van der Waals surface area contributed by atoms with E-state index in [1.165, 1.54) is 17.7 Å². The number of fused-ring (bicyclic) bond motifs is 1. The van der Waals surface area contributed by atoms with Gasteiger partial charge in [-0.3, -0.25) is 0 Å². The second kappa shape index (κ2) is 6.21. The van der Waals surface area contributed by atoms with Gasteiger partial charge in [-0.15, -0.1) is 0 Å². The molecule has 1 aliphatic heterocycles. The molecule has 0 aliphatic carbocycles. The van der Waals surface area contributed by atoms with Crippen LogP contribution in [0.25, 0.3) is 0 Å². The summed E-state index contributed by atoms with van der Waals surface area (Å²) < 4.78 is 6.89. The molecule has 2 unspecified atom stereocenters. The number of rotatable bonds is 4. The lowest BCUT2D eigenvalue weighted by molar-refractivity contribution is 0.463. The molecule has 0 saturated heterocycles. The zero-order valence-electron chi connectivity index (χ0n) is 12.9. The number of halogens is 1. The average molecular weight is 361 g/mol. The topological polar surface area (TPSA) is 47.3 Å². The molecule has 1 heterocycles. The fourth-order valence-corrected chi connectivity index (χ4v) is 3.40. The van der Waals surface area contributed by atoms with Crippen LogP contribution in [0.15, 0.2) is 40.9 Å². The molecule has 0 fully saturated rings. The SMILES string of the molecule is CCC(C)C1CNc2ccc(Oc3ccc(N)cc3Br)cc21. The molecule has 0 bridgehead atoms. The van der Waals surface area contributed by atoms with Crippen molar-refractivity contribution in [2.24, 2.45) is 5.92 Å². The Balaban J connectivity index is 1.87. The summed E-state index contributed by atoms with van der Waals surface area (Å²) in [4.78, 5) is 0. The third kappa shape index (κ3) is 2.93. The average Bonchev–Trinajstić information content (AvgIpc) is 2.92. The second-order valence-corrected chi connectivity index (χ2v) is 6.77. The van der Waals surface area contributed by atoms with E-state index >= 15 is 0 Å². The van der Waals surface area contributed by atoms with Crippen molar-refractivity contribution in [1.29, 1.82) is 0 Å². The Morgan fingerprint density at radius 2 is 2.14 bits per heavy atom. The molecule has 2 aromatic rings. The van der Waals surface area contributed by atoms with Crippen LogP contribution in [-0.4, -0.2) is 6.54 Å². The summed E-state index contributed by atoms with van der Waals surface area (Å²) in [5.74, 6) is 2.85. The monoisotopic (exact) mass is 360 g/mol. The molecule has 0 radical (unpaired) electrons. The Morgan fingerprint density at radius 1 is 1.32 bits per heavy atom. The van der Waals surface area contributed by atoms with E-state index < -0.39 is 0 Å². The highest BCUT2D eigenvalue weighted by Gasteiger charge is 2.26. The highest BCUT2D eigenvalue weighted by atomic mass is 79.9. The second-order valence-electron chi connectivity index (χ2n) is 5.91. The molecule has 0 saturated carbocycles. The van der Waals surface area contributed by atoms with Crippen molar-refractivity contribution >= 4 is 27.3 Å². The Morgan fingerprint density at radius 3 is 2.86 bits per heavy atom. The van der Waals surface area contributed by atoms with E-state index in [9.17, 15) is 0 Å². The van der Waals surface area contributed by atoms with Crippen molar-refractivity contribution in [1.82, 2.24) is 0 Å². The fourth-order valence-electron chi connectivity index (χ4n) is 2.92. The lowest BCUT2D eigenvalue weighted by Gasteiger charge is -2.18. The Labute approximate surface area is 140 Å². The number of hydrogen-bond donors (Lipinski definition) is 2. The van der Waals surface area contributed by atoms with Crippen molar-refractivity contribution in [2.45, 2.75) is 26.2 Å². The van der Waals surface area contributed by atoms with Gasteiger partial charge < -0.3 is 15.8 Å². The van der Waals surface area contributed by atoms with Crippen molar-refractivity contribution in [3.05, 3.63) is 46.4 Å². The summed E-state index contributed by atoms with van der Waals surface area (Å²) in [6, 6.07) is 11.9. The molecule has 0 aromatic heterocycles. The third-order valence-electron chi connectivity index (χ3n) is 4.45. The summed E-state index contributed by atoms with van der Waals surface area (Å²) in [7, 11) is 0. The van der Waals surface area contributed by atoms with E-state index in [0.717, 1.165) is 22.5 Å². The highest BCUT2D eigenvalue weighted by Crippen LogP contribution is 2.40. The van der Waals surface area contributed by atoms with Crippen LogP contribution in [0.1, 0.15) is 31.7 Å². The zero-order chi connectivity index (χ0) is 15.7. The maximum atomic E-state index is 6.02. The van der Waals surface area contributed by atoms with E-state index in [2.05, 4.69) is 47.2 Å². The minimum Gasteiger partial charge on any atom is -0.456 e. The molecule has 2 atom stereocenters. The van der Waals surface area contributed by atoms with Crippen molar-refractivity contribution < 1.29 is 4.74 Å². The summed E-state index contributed by atoms with van der Waals surface area (Å²) in [6.07, 6.45) is 1.18. The summed E-state index contributed by atoms with van der Waals surface area (Å²) >= 11 is 3.50. The van der Waals surface area contributed by atoms with Crippen molar-refractivity contribution in [2.75, 3.05) is 17.6 Å². The molecule has 0 amide bonds. The largest absolute Gasteiger partial charge is 0.456 e. The Kier molecular flexibility index (Phi) is 4.30. The fraction of sp³-hybridized carbons (Fsp3) is 0.333. The normalized spacial score (nSPS) is 17.7. The Hall–Kier alpha value is -1.68. The number of ether oxygens (including phenoxy) is 1. The van der Waals surface area contributed by atoms with Gasteiger partial charge in [0, 0.05) is 23.8 Å². The quantitative estimate of drug-likeness (QED) is 0.719. The van der Waals surface area contributed by atoms with Crippen LogP contribution in [0.5, 0.6) is 11.5 Å². The van der Waals surface area contributed by atoms with E-state index in [1.807, 2.05) is 24.3 Å². The van der Waals surface area contributed by atoms with Gasteiger partial charge in [0.1, 0.15) is 11.5 Å². The van der Waals surface area contributed by atoms with E-state index in [0.29, 0.717) is 17.5 Å². The molecular weight excluding hydrogens is 340 g/mol. The van der Waals surface area contributed by atoms with Gasteiger partial charge >= 0.3 is 0 Å². The number of benzene rings is 2. The van der Waals surface area contributed by atoms with Gasteiger partial charge in [0.25, 0.3) is 0 Å². The molecule has 3 N–H and O–H groups in total. The van der Waals surface area contributed by atoms with Crippen molar-refractivity contribution in [3.63, 3.8) is 0 Å². The lowest BCUT2D eigenvalue weighted by atomic mass is 9.87. The number of anilines is 2. The molecule has 3 rings (SSSR count). The first-order valence-electron chi connectivity index (χ1n) is 7.69. The highest BCUT2D eigenvalue weighted by molar-refractivity contribution is 9.10. The molecule has 2 aromatic carbocycles. The van der Waals surface area contributed by atoms with Crippen LogP contribution in [0.2, 0.25) is 0 Å². The van der Waals surface area contributed by atoms with Gasteiger partial charge in [0.2, 0.25) is 0 Å². The standard InChI is InChI=1S/C18H21BrN2O/c1-3-11(2)15-10-21-17-6-5-13(9-14(15)17)22-18-7-4-12(20)8-16(18)19/h4-9,11,15,21H,3,10,20H2,1-2H3. The maximum Gasteiger partial charge on any atom is 0.141 e. The predicted octanol–water partition coefficient (Wildman–Crippen LogP) is 5.38. The first kappa shape index (κ1) is 15.2. The number of nitrogens with two attached hydrogens (primary N) is 1. The van der Waals surface area contributed by atoms with Crippen LogP contribution in [0.4, 0.5) is 11.4 Å². The van der Waals surface area contributed by atoms with Gasteiger partial charge in [-0.1, -0.05) is 20.3 Å². The van der Waals surface area contributed by atoms with Crippen LogP contribution in [0.3, 0.4) is 0 Å². The Bertz CT molecular complexity index is 687. The summed E-state index contributed by atoms with van der Waals surface area (Å²) in [5, 5.41) is 3.49. The predicted molar refractivity (Wildman–Crippen MR) is 95.8 cm³/mol. The van der Waals surface area contributed by atoms with Gasteiger partial charge in [0.05, 0.1) is 4.47 Å². The zero-order valence-corrected chi connectivity index (χ0v) is 14.5.